The van der Waals surface area contributed by atoms with Crippen LogP contribution in [0, 0.1) is 0 Å². The minimum absolute atomic E-state index is 0.107. The molecule has 0 N–H and O–H groups in total. The summed E-state index contributed by atoms with van der Waals surface area (Å²) in [4.78, 5) is 11.2. The summed E-state index contributed by atoms with van der Waals surface area (Å²) in [5.41, 5.74) is -0.200. The number of esters is 1. The number of carbonyl (C=O) groups is 1. The van der Waals surface area contributed by atoms with Crippen molar-refractivity contribution in [3.8, 4) is 0 Å². The van der Waals surface area contributed by atoms with Crippen molar-refractivity contribution in [2.24, 2.45) is 0 Å². The fraction of sp³-hybridized carbons (Fsp3) is 0.500. The number of hydrogen-bond acceptors (Lipinski definition) is 3. The van der Waals surface area contributed by atoms with Crippen LogP contribution in [0.3, 0.4) is 0 Å². The SMILES string of the molecule is CCOC(=O)c1ccnn1CC(F)(F)F. The molecule has 0 aliphatic heterocycles. The Hall–Kier alpha value is -1.53. The zero-order chi connectivity index (χ0) is 11.5. The number of rotatable bonds is 3. The Bertz CT molecular complexity index is 346. The molecule has 84 valence electrons. The molecule has 1 heterocycles. The van der Waals surface area contributed by atoms with Gasteiger partial charge in [0.1, 0.15) is 12.2 Å². The highest BCUT2D eigenvalue weighted by atomic mass is 19.4. The van der Waals surface area contributed by atoms with Crippen LogP contribution in [0.5, 0.6) is 0 Å². The molecule has 0 bridgehead atoms. The second-order valence-electron chi connectivity index (χ2n) is 2.71. The van der Waals surface area contributed by atoms with E-state index in [9.17, 15) is 18.0 Å². The quantitative estimate of drug-likeness (QED) is 0.730. The standard InChI is InChI=1S/C8H9F3N2O2/c1-2-15-7(14)6-3-4-12-13(6)5-8(9,10)11/h3-4H,2,5H2,1H3. The Kier molecular flexibility index (Phi) is 3.33. The Morgan fingerprint density at radius 3 is 2.80 bits per heavy atom. The first-order valence-corrected chi connectivity index (χ1v) is 4.19. The van der Waals surface area contributed by atoms with E-state index in [1.807, 2.05) is 0 Å². The highest BCUT2D eigenvalue weighted by Gasteiger charge is 2.30. The molecule has 0 saturated carbocycles. The van der Waals surface area contributed by atoms with E-state index in [1.165, 1.54) is 6.07 Å². The average molecular weight is 222 g/mol. The van der Waals surface area contributed by atoms with Gasteiger partial charge in [0.05, 0.1) is 6.61 Å². The van der Waals surface area contributed by atoms with E-state index in [0.717, 1.165) is 6.20 Å². The van der Waals surface area contributed by atoms with Crippen molar-refractivity contribution in [1.82, 2.24) is 9.78 Å². The largest absolute Gasteiger partial charge is 0.461 e. The molecule has 0 spiro atoms. The van der Waals surface area contributed by atoms with E-state index in [0.29, 0.717) is 4.68 Å². The Labute approximate surface area is 83.6 Å². The highest BCUT2D eigenvalue weighted by molar-refractivity contribution is 5.87. The first-order valence-electron chi connectivity index (χ1n) is 4.19. The second-order valence-corrected chi connectivity index (χ2v) is 2.71. The maximum absolute atomic E-state index is 12.0. The van der Waals surface area contributed by atoms with Crippen molar-refractivity contribution in [2.45, 2.75) is 19.6 Å². The number of nitrogens with zero attached hydrogens (tertiary/aromatic N) is 2. The summed E-state index contributed by atoms with van der Waals surface area (Å²) in [5.74, 6) is -0.806. The predicted octanol–water partition coefficient (Wildman–Crippen LogP) is 1.62. The van der Waals surface area contributed by atoms with Crippen molar-refractivity contribution in [2.75, 3.05) is 6.61 Å². The molecule has 0 aromatic carbocycles. The van der Waals surface area contributed by atoms with Gasteiger partial charge in [0.2, 0.25) is 0 Å². The van der Waals surface area contributed by atoms with Gasteiger partial charge >= 0.3 is 12.1 Å². The van der Waals surface area contributed by atoms with Gasteiger partial charge in [-0.05, 0) is 13.0 Å². The van der Waals surface area contributed by atoms with E-state index in [4.69, 9.17) is 0 Å². The number of aromatic nitrogens is 2. The highest BCUT2D eigenvalue weighted by Crippen LogP contribution is 2.18. The van der Waals surface area contributed by atoms with Gasteiger partial charge in [0.25, 0.3) is 0 Å². The van der Waals surface area contributed by atoms with E-state index in [2.05, 4.69) is 9.84 Å². The van der Waals surface area contributed by atoms with Crippen LogP contribution < -0.4 is 0 Å². The molecule has 0 fully saturated rings. The van der Waals surface area contributed by atoms with Crippen molar-refractivity contribution >= 4 is 5.97 Å². The third-order valence-electron chi connectivity index (χ3n) is 1.53. The molecular formula is C8H9F3N2O2. The monoisotopic (exact) mass is 222 g/mol. The van der Waals surface area contributed by atoms with Crippen molar-refractivity contribution in [3.63, 3.8) is 0 Å². The minimum Gasteiger partial charge on any atom is -0.461 e. The lowest BCUT2D eigenvalue weighted by Crippen LogP contribution is -2.22. The van der Waals surface area contributed by atoms with E-state index < -0.39 is 18.7 Å². The lowest BCUT2D eigenvalue weighted by Gasteiger charge is -2.09. The molecule has 0 aliphatic rings. The fourth-order valence-electron chi connectivity index (χ4n) is 1.01. The van der Waals surface area contributed by atoms with Gasteiger partial charge in [-0.15, -0.1) is 0 Å². The molecule has 0 atom stereocenters. The maximum atomic E-state index is 12.0. The van der Waals surface area contributed by atoms with Crippen molar-refractivity contribution in [3.05, 3.63) is 18.0 Å². The van der Waals surface area contributed by atoms with Crippen LogP contribution in [0.25, 0.3) is 0 Å². The van der Waals surface area contributed by atoms with Crippen molar-refractivity contribution < 1.29 is 22.7 Å². The maximum Gasteiger partial charge on any atom is 0.408 e. The van der Waals surface area contributed by atoms with Gasteiger partial charge in [0, 0.05) is 6.20 Å². The molecule has 7 heteroatoms. The number of halogens is 3. The zero-order valence-electron chi connectivity index (χ0n) is 7.91. The summed E-state index contributed by atoms with van der Waals surface area (Å²) in [7, 11) is 0. The molecule has 0 radical (unpaired) electrons. The number of ether oxygens (including phenoxy) is 1. The number of hydrogen-bond donors (Lipinski definition) is 0. The van der Waals surface area contributed by atoms with Crippen molar-refractivity contribution in [1.29, 1.82) is 0 Å². The van der Waals surface area contributed by atoms with E-state index >= 15 is 0 Å². The zero-order valence-corrected chi connectivity index (χ0v) is 7.91. The normalized spacial score (nSPS) is 11.5. The van der Waals surface area contributed by atoms with Gasteiger partial charge in [-0.3, -0.25) is 0 Å². The number of alkyl halides is 3. The van der Waals surface area contributed by atoms with Gasteiger partial charge in [-0.25, -0.2) is 9.48 Å². The van der Waals surface area contributed by atoms with Crippen LogP contribution in [-0.2, 0) is 11.3 Å². The molecule has 15 heavy (non-hydrogen) atoms. The first kappa shape index (κ1) is 11.5. The summed E-state index contributed by atoms with van der Waals surface area (Å²) in [5, 5.41) is 3.40. The van der Waals surface area contributed by atoms with Crippen LogP contribution in [0.1, 0.15) is 17.4 Å². The van der Waals surface area contributed by atoms with Gasteiger partial charge < -0.3 is 4.74 Å². The van der Waals surface area contributed by atoms with Gasteiger partial charge in [0.15, 0.2) is 0 Å². The topological polar surface area (TPSA) is 44.1 Å². The molecule has 1 aromatic heterocycles. The summed E-state index contributed by atoms with van der Waals surface area (Å²) < 4.78 is 41.2. The smallest absolute Gasteiger partial charge is 0.408 e. The molecule has 0 unspecified atom stereocenters. The molecular weight excluding hydrogens is 213 g/mol. The lowest BCUT2D eigenvalue weighted by atomic mass is 10.4. The molecule has 1 aromatic rings. The summed E-state index contributed by atoms with van der Waals surface area (Å²) in [6, 6.07) is 1.18. The molecule has 1 rings (SSSR count). The number of carbonyl (C=O) groups excluding carboxylic acids is 1. The third kappa shape index (κ3) is 3.26. The lowest BCUT2D eigenvalue weighted by molar-refractivity contribution is -0.142. The second kappa shape index (κ2) is 4.33. The van der Waals surface area contributed by atoms with E-state index in [1.54, 1.807) is 6.92 Å². The molecule has 4 nitrogen and oxygen atoms in total. The molecule has 0 aliphatic carbocycles. The van der Waals surface area contributed by atoms with Gasteiger partial charge in [-0.2, -0.15) is 18.3 Å². The van der Waals surface area contributed by atoms with Crippen LogP contribution in [0.4, 0.5) is 13.2 Å². The average Bonchev–Trinajstić information content (AvgIpc) is 2.49. The summed E-state index contributed by atoms with van der Waals surface area (Å²) >= 11 is 0. The predicted molar refractivity (Wildman–Crippen MR) is 44.2 cm³/mol. The fourth-order valence-corrected chi connectivity index (χ4v) is 1.01. The summed E-state index contributed by atoms with van der Waals surface area (Å²) in [6.45, 7) is 0.381. The van der Waals surface area contributed by atoms with E-state index in [-0.39, 0.29) is 12.3 Å². The van der Waals surface area contributed by atoms with Crippen LogP contribution in [0.15, 0.2) is 12.3 Å². The third-order valence-corrected chi connectivity index (χ3v) is 1.53. The minimum atomic E-state index is -4.41. The van der Waals surface area contributed by atoms with Crippen LogP contribution in [0.2, 0.25) is 0 Å². The Balaban J connectivity index is 2.82. The Morgan fingerprint density at radius 1 is 1.60 bits per heavy atom. The molecule has 0 amide bonds. The van der Waals surface area contributed by atoms with Crippen LogP contribution >= 0.6 is 0 Å². The molecule has 0 saturated heterocycles. The summed E-state index contributed by atoms with van der Waals surface area (Å²) in [6.07, 6.45) is -3.29. The van der Waals surface area contributed by atoms with Crippen LogP contribution in [-0.4, -0.2) is 28.5 Å². The van der Waals surface area contributed by atoms with Gasteiger partial charge in [-0.1, -0.05) is 0 Å². The Morgan fingerprint density at radius 2 is 2.27 bits per heavy atom. The first-order chi connectivity index (χ1) is 6.94.